The molecule has 0 unspecified atom stereocenters. The lowest BCUT2D eigenvalue weighted by Gasteiger charge is -2.33. The van der Waals surface area contributed by atoms with Crippen LogP contribution in [0.2, 0.25) is 5.22 Å². The molecule has 1 aliphatic rings. The van der Waals surface area contributed by atoms with Crippen LogP contribution in [0.25, 0.3) is 0 Å². The maximum atomic E-state index is 13.0. The Morgan fingerprint density at radius 2 is 2.00 bits per heavy atom. The molecule has 0 spiro atoms. The molecule has 0 bridgehead atoms. The third-order valence-electron chi connectivity index (χ3n) is 2.67. The van der Waals surface area contributed by atoms with Crippen LogP contribution >= 0.6 is 11.6 Å². The first-order chi connectivity index (χ1) is 7.68. The van der Waals surface area contributed by atoms with E-state index in [0.717, 1.165) is 13.1 Å². The fourth-order valence-electron chi connectivity index (χ4n) is 1.91. The molecule has 3 nitrogen and oxygen atoms in total. The number of rotatable bonds is 3. The molecule has 0 aliphatic carbocycles. The standard InChI is InChI=1S/C10H13ClF2N2O/c11-8-2-1-7(16-8)9(10(12)13)15-5-3-14-4-6-15/h1-2,9-10,14H,3-6H2/t9-/m1/s1. The number of nitrogens with one attached hydrogen (secondary N) is 1. The van der Waals surface area contributed by atoms with Crippen LogP contribution in [-0.2, 0) is 0 Å². The summed E-state index contributed by atoms with van der Waals surface area (Å²) in [5, 5.41) is 3.27. The average Bonchev–Trinajstić information content (AvgIpc) is 2.66. The minimum atomic E-state index is -2.47. The fraction of sp³-hybridized carbons (Fsp3) is 0.600. The van der Waals surface area contributed by atoms with Gasteiger partial charge in [-0.05, 0) is 23.7 Å². The summed E-state index contributed by atoms with van der Waals surface area (Å²) in [5.74, 6) is 0.238. The van der Waals surface area contributed by atoms with E-state index >= 15 is 0 Å². The number of nitrogens with zero attached hydrogens (tertiary/aromatic N) is 1. The van der Waals surface area contributed by atoms with Gasteiger partial charge >= 0.3 is 0 Å². The largest absolute Gasteiger partial charge is 0.448 e. The van der Waals surface area contributed by atoms with Crippen molar-refractivity contribution in [3.05, 3.63) is 23.1 Å². The molecule has 1 N–H and O–H groups in total. The van der Waals surface area contributed by atoms with E-state index in [0.29, 0.717) is 13.1 Å². The number of alkyl halides is 2. The van der Waals surface area contributed by atoms with E-state index in [-0.39, 0.29) is 11.0 Å². The second kappa shape index (κ2) is 5.12. The predicted molar refractivity (Wildman–Crippen MR) is 56.9 cm³/mol. The molecule has 0 amide bonds. The van der Waals surface area contributed by atoms with Crippen LogP contribution in [-0.4, -0.2) is 37.5 Å². The van der Waals surface area contributed by atoms with Gasteiger partial charge in [-0.2, -0.15) is 0 Å². The van der Waals surface area contributed by atoms with E-state index in [4.69, 9.17) is 16.0 Å². The maximum absolute atomic E-state index is 13.0. The quantitative estimate of drug-likeness (QED) is 0.891. The summed E-state index contributed by atoms with van der Waals surface area (Å²) in [4.78, 5) is 1.72. The smallest absolute Gasteiger partial charge is 0.261 e. The van der Waals surface area contributed by atoms with Gasteiger partial charge < -0.3 is 9.73 Å². The summed E-state index contributed by atoms with van der Waals surface area (Å²) < 4.78 is 31.1. The molecule has 0 saturated carbocycles. The van der Waals surface area contributed by atoms with Crippen LogP contribution < -0.4 is 5.32 Å². The molecule has 1 aromatic heterocycles. The molecule has 0 radical (unpaired) electrons. The van der Waals surface area contributed by atoms with Gasteiger partial charge in [0.15, 0.2) is 5.22 Å². The summed E-state index contributed by atoms with van der Waals surface area (Å²) in [6, 6.07) is 2.02. The van der Waals surface area contributed by atoms with E-state index in [1.807, 2.05) is 0 Å². The van der Waals surface area contributed by atoms with Crippen molar-refractivity contribution in [2.45, 2.75) is 12.5 Å². The molecule has 6 heteroatoms. The number of furan rings is 1. The molecule has 2 heterocycles. The third kappa shape index (κ3) is 2.53. The van der Waals surface area contributed by atoms with Crippen molar-refractivity contribution in [2.75, 3.05) is 26.2 Å². The van der Waals surface area contributed by atoms with Crippen molar-refractivity contribution < 1.29 is 13.2 Å². The van der Waals surface area contributed by atoms with Gasteiger partial charge in [-0.1, -0.05) is 0 Å². The highest BCUT2D eigenvalue weighted by Crippen LogP contribution is 2.30. The lowest BCUT2D eigenvalue weighted by molar-refractivity contribution is 0.00756. The van der Waals surface area contributed by atoms with E-state index in [9.17, 15) is 8.78 Å². The van der Waals surface area contributed by atoms with Crippen LogP contribution in [0.1, 0.15) is 11.8 Å². The highest BCUT2D eigenvalue weighted by molar-refractivity contribution is 6.28. The Morgan fingerprint density at radius 1 is 1.31 bits per heavy atom. The van der Waals surface area contributed by atoms with Crippen molar-refractivity contribution >= 4 is 11.6 Å². The first-order valence-electron chi connectivity index (χ1n) is 5.16. The van der Waals surface area contributed by atoms with E-state index in [1.54, 1.807) is 4.90 Å². The van der Waals surface area contributed by atoms with Gasteiger partial charge in [0.25, 0.3) is 6.43 Å². The second-order valence-corrected chi connectivity index (χ2v) is 4.08. The molecular formula is C10H13ClF2N2O. The van der Waals surface area contributed by atoms with Gasteiger partial charge in [0.05, 0.1) is 0 Å². The Kier molecular flexibility index (Phi) is 3.78. The highest BCUT2D eigenvalue weighted by Gasteiger charge is 2.32. The Labute approximate surface area is 97.4 Å². The fourth-order valence-corrected chi connectivity index (χ4v) is 2.06. The zero-order valence-electron chi connectivity index (χ0n) is 8.63. The maximum Gasteiger partial charge on any atom is 0.261 e. The minimum Gasteiger partial charge on any atom is -0.448 e. The van der Waals surface area contributed by atoms with Gasteiger partial charge in [-0.25, -0.2) is 8.78 Å². The summed E-state index contributed by atoms with van der Waals surface area (Å²) in [6.07, 6.45) is -2.47. The van der Waals surface area contributed by atoms with Crippen LogP contribution in [0.15, 0.2) is 16.5 Å². The zero-order chi connectivity index (χ0) is 11.5. The second-order valence-electron chi connectivity index (χ2n) is 3.71. The van der Waals surface area contributed by atoms with E-state index in [2.05, 4.69) is 5.32 Å². The molecule has 1 fully saturated rings. The van der Waals surface area contributed by atoms with Crippen molar-refractivity contribution in [1.82, 2.24) is 10.2 Å². The molecule has 90 valence electrons. The van der Waals surface area contributed by atoms with Gasteiger partial charge in [-0.3, -0.25) is 4.90 Å². The minimum absolute atomic E-state index is 0.149. The molecule has 1 aliphatic heterocycles. The first-order valence-corrected chi connectivity index (χ1v) is 5.54. The number of hydrogen-bond donors (Lipinski definition) is 1. The molecule has 0 aromatic carbocycles. The predicted octanol–water partition coefficient (Wildman–Crippen LogP) is 2.14. The van der Waals surface area contributed by atoms with Crippen LogP contribution in [0, 0.1) is 0 Å². The summed E-state index contributed by atoms with van der Waals surface area (Å²) in [7, 11) is 0. The number of halogens is 3. The molecule has 1 saturated heterocycles. The normalized spacial score (nSPS) is 20.2. The lowest BCUT2D eigenvalue weighted by Crippen LogP contribution is -2.46. The SMILES string of the molecule is FC(F)[C@@H](c1ccc(Cl)o1)N1CCNCC1. The Hall–Kier alpha value is -0.650. The molecular weight excluding hydrogens is 238 g/mol. The number of piperazine rings is 1. The van der Waals surface area contributed by atoms with Crippen molar-refractivity contribution in [2.24, 2.45) is 0 Å². The summed E-state index contributed by atoms with van der Waals surface area (Å²) in [5.41, 5.74) is 0. The topological polar surface area (TPSA) is 28.4 Å². The molecule has 1 aromatic rings. The van der Waals surface area contributed by atoms with Gasteiger partial charge in [0, 0.05) is 26.2 Å². The lowest BCUT2D eigenvalue weighted by atomic mass is 10.1. The summed E-state index contributed by atoms with van der Waals surface area (Å²) >= 11 is 5.61. The van der Waals surface area contributed by atoms with Crippen molar-refractivity contribution in [1.29, 1.82) is 0 Å². The van der Waals surface area contributed by atoms with Crippen molar-refractivity contribution in [3.63, 3.8) is 0 Å². The van der Waals surface area contributed by atoms with Crippen LogP contribution in [0.3, 0.4) is 0 Å². The van der Waals surface area contributed by atoms with E-state index in [1.165, 1.54) is 12.1 Å². The van der Waals surface area contributed by atoms with Crippen molar-refractivity contribution in [3.8, 4) is 0 Å². The molecule has 16 heavy (non-hydrogen) atoms. The third-order valence-corrected chi connectivity index (χ3v) is 2.87. The zero-order valence-corrected chi connectivity index (χ0v) is 9.38. The molecule has 2 rings (SSSR count). The average molecular weight is 251 g/mol. The van der Waals surface area contributed by atoms with Gasteiger partial charge in [0.1, 0.15) is 11.8 Å². The monoisotopic (exact) mass is 250 g/mol. The summed E-state index contributed by atoms with van der Waals surface area (Å²) in [6.45, 7) is 2.62. The Balaban J connectivity index is 2.16. The Bertz CT molecular complexity index is 339. The Morgan fingerprint density at radius 3 is 2.50 bits per heavy atom. The van der Waals surface area contributed by atoms with Gasteiger partial charge in [0.2, 0.25) is 0 Å². The van der Waals surface area contributed by atoms with E-state index < -0.39 is 12.5 Å². The first kappa shape index (κ1) is 11.8. The van der Waals surface area contributed by atoms with Crippen LogP contribution in [0.5, 0.6) is 0 Å². The molecule has 1 atom stereocenters. The van der Waals surface area contributed by atoms with Gasteiger partial charge in [-0.15, -0.1) is 0 Å². The number of hydrogen-bond acceptors (Lipinski definition) is 3. The van der Waals surface area contributed by atoms with Crippen LogP contribution in [0.4, 0.5) is 8.78 Å². The highest BCUT2D eigenvalue weighted by atomic mass is 35.5.